The lowest BCUT2D eigenvalue weighted by Gasteiger charge is -2.34. The molecular formula is C39H43F3N6O5. The molecule has 0 aromatic heterocycles. The zero-order valence-electron chi connectivity index (χ0n) is 29.6. The quantitative estimate of drug-likeness (QED) is 0.118. The van der Waals surface area contributed by atoms with Crippen molar-refractivity contribution in [3.63, 3.8) is 0 Å². The van der Waals surface area contributed by atoms with Crippen molar-refractivity contribution in [2.24, 2.45) is 5.92 Å². The molecule has 1 aliphatic rings. The molecule has 280 valence electrons. The van der Waals surface area contributed by atoms with Crippen molar-refractivity contribution in [3.05, 3.63) is 113 Å². The number of nitrogen functional groups attached to an aromatic ring is 1. The Kier molecular flexibility index (Phi) is 12.3. The summed E-state index contributed by atoms with van der Waals surface area (Å²) < 4.78 is 45.4. The largest absolute Gasteiger partial charge is 0.488 e. The fourth-order valence-electron chi connectivity index (χ4n) is 6.01. The van der Waals surface area contributed by atoms with E-state index in [9.17, 15) is 32.7 Å². The van der Waals surface area contributed by atoms with E-state index in [0.717, 1.165) is 29.8 Å². The molecule has 0 fully saturated rings. The summed E-state index contributed by atoms with van der Waals surface area (Å²) in [6.45, 7) is 4.88. The van der Waals surface area contributed by atoms with Gasteiger partial charge in [0.25, 0.3) is 5.91 Å². The van der Waals surface area contributed by atoms with Crippen LogP contribution in [0.4, 0.5) is 40.7 Å². The van der Waals surface area contributed by atoms with Gasteiger partial charge in [-0.05, 0) is 86.3 Å². The van der Waals surface area contributed by atoms with Crippen LogP contribution in [0.25, 0.3) is 0 Å². The first-order chi connectivity index (χ1) is 25.2. The highest BCUT2D eigenvalue weighted by Crippen LogP contribution is 2.31. The number of rotatable bonds is 10. The summed E-state index contributed by atoms with van der Waals surface area (Å²) in [5.74, 6) is -0.179. The lowest BCUT2D eigenvalue weighted by Crippen LogP contribution is -2.47. The van der Waals surface area contributed by atoms with E-state index >= 15 is 0 Å². The van der Waals surface area contributed by atoms with Crippen LogP contribution < -0.4 is 26.4 Å². The van der Waals surface area contributed by atoms with Gasteiger partial charge >= 0.3 is 12.2 Å². The number of nitrogens with zero attached hydrogens (tertiary/aromatic N) is 2. The predicted molar refractivity (Wildman–Crippen MR) is 198 cm³/mol. The summed E-state index contributed by atoms with van der Waals surface area (Å²) in [5, 5.41) is 18.0. The van der Waals surface area contributed by atoms with Gasteiger partial charge in [-0.1, -0.05) is 31.2 Å². The minimum Gasteiger partial charge on any atom is -0.488 e. The van der Waals surface area contributed by atoms with Crippen LogP contribution in [0.1, 0.15) is 40.9 Å². The van der Waals surface area contributed by atoms with Crippen molar-refractivity contribution in [2.45, 2.75) is 45.1 Å². The van der Waals surface area contributed by atoms with E-state index in [1.54, 1.807) is 66.4 Å². The van der Waals surface area contributed by atoms with E-state index in [2.05, 4.69) is 20.9 Å². The SMILES string of the molecule is C[C@H](CO)N1C[C@H](C)[C@H](CN(C)Cc2ccc(C(=O)Nc3ccccc3N)cc2)Oc2ccc(NC(=O)Nc3ccc(C(F)(F)F)cc3)cc2CC1=O. The van der Waals surface area contributed by atoms with Crippen LogP contribution >= 0.6 is 0 Å². The van der Waals surface area contributed by atoms with Gasteiger partial charge < -0.3 is 36.4 Å². The number of anilines is 4. The highest BCUT2D eigenvalue weighted by molar-refractivity contribution is 6.05. The number of alkyl halides is 3. The van der Waals surface area contributed by atoms with Gasteiger partial charge in [-0.2, -0.15) is 13.2 Å². The number of likely N-dealkylation sites (N-methyl/N-ethyl adjacent to an activating group) is 1. The molecule has 0 spiro atoms. The van der Waals surface area contributed by atoms with Crippen LogP contribution in [0.5, 0.6) is 5.75 Å². The number of ether oxygens (including phenoxy) is 1. The molecule has 1 aliphatic heterocycles. The van der Waals surface area contributed by atoms with Crippen molar-refractivity contribution in [3.8, 4) is 5.75 Å². The Hall–Kier alpha value is -5.60. The van der Waals surface area contributed by atoms with Crippen molar-refractivity contribution in [1.29, 1.82) is 0 Å². The third-order valence-electron chi connectivity index (χ3n) is 9.01. The summed E-state index contributed by atoms with van der Waals surface area (Å²) in [6.07, 6.45) is -4.94. The molecule has 3 atom stereocenters. The Bertz CT molecular complexity index is 1910. The number of carbonyl (C=O) groups excluding carboxylic acids is 3. The highest BCUT2D eigenvalue weighted by Gasteiger charge is 2.32. The minimum absolute atomic E-state index is 0.0538. The number of hydrogen-bond acceptors (Lipinski definition) is 7. The lowest BCUT2D eigenvalue weighted by atomic mass is 10.0. The zero-order valence-corrected chi connectivity index (χ0v) is 29.6. The number of aliphatic hydroxyl groups is 1. The maximum absolute atomic E-state index is 13.6. The van der Waals surface area contributed by atoms with E-state index in [1.165, 1.54) is 0 Å². The molecule has 0 bridgehead atoms. The molecule has 0 aliphatic carbocycles. The summed E-state index contributed by atoms with van der Waals surface area (Å²) in [6, 6.07) is 22.2. The van der Waals surface area contributed by atoms with Crippen molar-refractivity contribution in [2.75, 3.05) is 48.4 Å². The van der Waals surface area contributed by atoms with Gasteiger partial charge in [-0.15, -0.1) is 0 Å². The van der Waals surface area contributed by atoms with E-state index in [1.807, 2.05) is 26.1 Å². The lowest BCUT2D eigenvalue weighted by molar-refractivity contribution is -0.137. The van der Waals surface area contributed by atoms with Gasteiger partial charge in [-0.25, -0.2) is 4.79 Å². The summed E-state index contributed by atoms with van der Waals surface area (Å²) in [7, 11) is 1.95. The van der Waals surface area contributed by atoms with E-state index in [0.29, 0.717) is 53.6 Å². The number of benzene rings is 4. The Morgan fingerprint density at radius 1 is 0.981 bits per heavy atom. The van der Waals surface area contributed by atoms with E-state index in [-0.39, 0.29) is 42.6 Å². The van der Waals surface area contributed by atoms with Crippen LogP contribution in [0.15, 0.2) is 91.0 Å². The van der Waals surface area contributed by atoms with Crippen LogP contribution in [0, 0.1) is 5.92 Å². The molecule has 4 amide bonds. The van der Waals surface area contributed by atoms with Crippen LogP contribution in [-0.2, 0) is 23.9 Å². The molecule has 4 aromatic carbocycles. The number of nitrogens with one attached hydrogen (secondary N) is 3. The molecule has 14 heteroatoms. The van der Waals surface area contributed by atoms with E-state index in [4.69, 9.17) is 10.5 Å². The summed E-state index contributed by atoms with van der Waals surface area (Å²) in [4.78, 5) is 42.9. The molecule has 0 saturated carbocycles. The normalized spacial score (nSPS) is 16.8. The van der Waals surface area contributed by atoms with Gasteiger partial charge in [0, 0.05) is 48.1 Å². The van der Waals surface area contributed by atoms with Crippen molar-refractivity contribution in [1.82, 2.24) is 9.80 Å². The first-order valence-electron chi connectivity index (χ1n) is 17.1. The second kappa shape index (κ2) is 16.8. The van der Waals surface area contributed by atoms with Gasteiger partial charge in [0.05, 0.1) is 36.0 Å². The second-order valence-corrected chi connectivity index (χ2v) is 13.3. The summed E-state index contributed by atoms with van der Waals surface area (Å²) in [5.41, 5.74) is 8.62. The second-order valence-electron chi connectivity index (χ2n) is 13.3. The van der Waals surface area contributed by atoms with Crippen LogP contribution in [0.3, 0.4) is 0 Å². The number of carbonyl (C=O) groups is 3. The standard InChI is InChI=1S/C39H43F3N6O5/c1-24-20-48(25(2)23-49)36(50)19-28-18-31(45-38(52)44-30-14-12-29(13-15-30)39(40,41)42)16-17-34(28)53-35(24)22-47(3)21-26-8-10-27(11-9-26)37(51)46-33-7-5-4-6-32(33)43/h4-18,24-25,35,49H,19-23,43H2,1-3H3,(H,46,51)(H2,44,45,52)/t24-,25+,35-/m0/s1. The Labute approximate surface area is 305 Å². The molecule has 4 aromatic rings. The van der Waals surface area contributed by atoms with Crippen LogP contribution in [0.2, 0.25) is 0 Å². The van der Waals surface area contributed by atoms with Gasteiger partial charge in [0.1, 0.15) is 11.9 Å². The van der Waals surface area contributed by atoms with Crippen LogP contribution in [-0.4, -0.2) is 71.6 Å². The molecular weight excluding hydrogens is 689 g/mol. The number of amides is 4. The van der Waals surface area contributed by atoms with Gasteiger partial charge in [0.15, 0.2) is 0 Å². The molecule has 0 unspecified atom stereocenters. The topological polar surface area (TPSA) is 149 Å². The molecule has 53 heavy (non-hydrogen) atoms. The molecule has 5 rings (SSSR count). The molecule has 1 heterocycles. The number of hydrogen-bond donors (Lipinski definition) is 5. The first kappa shape index (κ1) is 38.6. The zero-order chi connectivity index (χ0) is 38.3. The van der Waals surface area contributed by atoms with Crippen molar-refractivity contribution < 1.29 is 37.4 Å². The maximum atomic E-state index is 13.6. The Morgan fingerprint density at radius 2 is 1.64 bits per heavy atom. The Balaban J connectivity index is 1.28. The monoisotopic (exact) mass is 732 g/mol. The number of urea groups is 1. The smallest absolute Gasteiger partial charge is 0.416 e. The highest BCUT2D eigenvalue weighted by atomic mass is 19.4. The average molecular weight is 733 g/mol. The average Bonchev–Trinajstić information content (AvgIpc) is 3.16. The van der Waals surface area contributed by atoms with E-state index < -0.39 is 23.8 Å². The fourth-order valence-corrected chi connectivity index (χ4v) is 6.01. The number of fused-ring (bicyclic) bond motifs is 1. The third-order valence-corrected chi connectivity index (χ3v) is 9.01. The van der Waals surface area contributed by atoms with Gasteiger partial charge in [0.2, 0.25) is 5.91 Å². The number of nitrogens with two attached hydrogens (primary N) is 1. The third kappa shape index (κ3) is 10.3. The fraction of sp³-hybridized carbons (Fsp3) is 0.308. The molecule has 11 nitrogen and oxygen atoms in total. The molecule has 0 saturated heterocycles. The Morgan fingerprint density at radius 3 is 2.30 bits per heavy atom. The summed E-state index contributed by atoms with van der Waals surface area (Å²) >= 11 is 0. The maximum Gasteiger partial charge on any atom is 0.416 e. The predicted octanol–water partition coefficient (Wildman–Crippen LogP) is 6.46. The van der Waals surface area contributed by atoms with Gasteiger partial charge in [-0.3, -0.25) is 14.5 Å². The molecule has 0 radical (unpaired) electrons. The first-order valence-corrected chi connectivity index (χ1v) is 17.1. The number of halogens is 3. The minimum atomic E-state index is -4.50. The number of aliphatic hydroxyl groups excluding tert-OH is 1. The molecule has 6 N–H and O–H groups in total. The number of para-hydroxylation sites is 2. The van der Waals surface area contributed by atoms with Crippen molar-refractivity contribution >= 4 is 40.6 Å².